The van der Waals surface area contributed by atoms with Gasteiger partial charge in [-0.25, -0.2) is 0 Å². The Hall–Kier alpha value is -2.79. The number of carbonyl (C=O) groups is 1. The van der Waals surface area contributed by atoms with E-state index < -0.39 is 6.10 Å². The smallest absolute Gasteiger partial charge is 0.264 e. The van der Waals surface area contributed by atoms with Crippen molar-refractivity contribution in [2.75, 3.05) is 0 Å². The largest absolute Gasteiger partial charge is 0.382 e. The van der Waals surface area contributed by atoms with Gasteiger partial charge in [-0.2, -0.15) is 0 Å². The number of benzene rings is 2. The van der Waals surface area contributed by atoms with Gasteiger partial charge in [0.1, 0.15) is 0 Å². The Bertz CT molecular complexity index is 982. The molecule has 27 heavy (non-hydrogen) atoms. The van der Waals surface area contributed by atoms with Crippen molar-refractivity contribution in [2.45, 2.75) is 31.9 Å². The van der Waals surface area contributed by atoms with Gasteiger partial charge in [-0.3, -0.25) is 4.79 Å². The fourth-order valence-corrected chi connectivity index (χ4v) is 3.38. The van der Waals surface area contributed by atoms with E-state index >= 15 is 0 Å². The second-order valence-electron chi connectivity index (χ2n) is 6.69. The molecule has 0 bridgehead atoms. The molecule has 0 spiro atoms. The van der Waals surface area contributed by atoms with Gasteiger partial charge in [0.15, 0.2) is 0 Å². The van der Waals surface area contributed by atoms with Gasteiger partial charge in [-0.15, -0.1) is 0 Å². The third-order valence-corrected chi connectivity index (χ3v) is 4.89. The first-order chi connectivity index (χ1) is 13.2. The molecule has 3 aromatic rings. The van der Waals surface area contributed by atoms with Crippen LogP contribution in [0.3, 0.4) is 0 Å². The lowest BCUT2D eigenvalue weighted by atomic mass is 10.0. The van der Waals surface area contributed by atoms with Crippen LogP contribution in [0.25, 0.3) is 10.9 Å². The number of aromatic nitrogens is 1. The van der Waals surface area contributed by atoms with Crippen LogP contribution in [-0.2, 0) is 22.6 Å². The number of aryl methyl sites for hydroxylation is 1. The molecule has 1 aliphatic rings. The Balaban J connectivity index is 1.26. The van der Waals surface area contributed by atoms with E-state index in [0.29, 0.717) is 18.0 Å². The average Bonchev–Trinajstić information content (AvgIpc) is 3.31. The molecule has 1 atom stereocenters. The van der Waals surface area contributed by atoms with Crippen LogP contribution in [0.15, 0.2) is 59.8 Å². The molecule has 0 fully saturated rings. The highest BCUT2D eigenvalue weighted by atomic mass is 35.5. The minimum atomic E-state index is -0.547. The standard InChI is InChI=1S/C21H20ClN3O2/c22-16-7-9-19-15(10-16)11-18(24-19)13-23-21(26)20-12-17(25-27-20)8-6-14-4-2-1-3-5-14/h1-5,7,9-11,20,24H,6,8,12-13H2,(H,23,26)/t20-/m0/s1. The summed E-state index contributed by atoms with van der Waals surface area (Å²) in [6, 6.07) is 17.9. The van der Waals surface area contributed by atoms with Crippen molar-refractivity contribution in [3.05, 3.63) is 70.9 Å². The zero-order valence-electron chi connectivity index (χ0n) is 14.7. The van der Waals surface area contributed by atoms with E-state index in [9.17, 15) is 4.79 Å². The molecular weight excluding hydrogens is 362 g/mol. The van der Waals surface area contributed by atoms with Gasteiger partial charge in [0.05, 0.1) is 12.3 Å². The number of aromatic amines is 1. The number of nitrogens with zero attached hydrogens (tertiary/aromatic N) is 1. The molecule has 6 heteroatoms. The molecule has 0 unspecified atom stereocenters. The molecule has 0 radical (unpaired) electrons. The first kappa shape index (κ1) is 17.6. The molecule has 4 rings (SSSR count). The second kappa shape index (κ2) is 7.84. The van der Waals surface area contributed by atoms with E-state index in [1.807, 2.05) is 42.5 Å². The van der Waals surface area contributed by atoms with Crippen LogP contribution in [0, 0.1) is 0 Å². The van der Waals surface area contributed by atoms with Crippen molar-refractivity contribution in [1.29, 1.82) is 0 Å². The maximum Gasteiger partial charge on any atom is 0.264 e. The Labute approximate surface area is 162 Å². The van der Waals surface area contributed by atoms with Gasteiger partial charge in [0.2, 0.25) is 6.10 Å². The molecule has 0 aliphatic carbocycles. The maximum absolute atomic E-state index is 12.4. The molecule has 0 saturated carbocycles. The predicted octanol–water partition coefficient (Wildman–Crippen LogP) is 4.22. The summed E-state index contributed by atoms with van der Waals surface area (Å²) < 4.78 is 0. The van der Waals surface area contributed by atoms with Crippen molar-refractivity contribution >= 4 is 34.1 Å². The van der Waals surface area contributed by atoms with E-state index in [4.69, 9.17) is 16.4 Å². The summed E-state index contributed by atoms with van der Waals surface area (Å²) in [6.07, 6.45) is 1.70. The lowest BCUT2D eigenvalue weighted by molar-refractivity contribution is -0.131. The Morgan fingerprint density at radius 2 is 2.04 bits per heavy atom. The van der Waals surface area contributed by atoms with E-state index in [1.54, 1.807) is 0 Å². The fraction of sp³-hybridized carbons (Fsp3) is 0.238. The highest BCUT2D eigenvalue weighted by Gasteiger charge is 2.27. The average molecular weight is 382 g/mol. The van der Waals surface area contributed by atoms with Crippen molar-refractivity contribution in [2.24, 2.45) is 5.16 Å². The molecule has 1 aliphatic heterocycles. The van der Waals surface area contributed by atoms with Gasteiger partial charge in [-0.05, 0) is 42.7 Å². The summed E-state index contributed by atoms with van der Waals surface area (Å²) in [5.74, 6) is -0.148. The molecule has 0 saturated heterocycles. The Kier molecular flexibility index (Phi) is 5.12. The van der Waals surface area contributed by atoms with Gasteiger partial charge in [0, 0.05) is 28.0 Å². The summed E-state index contributed by atoms with van der Waals surface area (Å²) in [4.78, 5) is 21.0. The third-order valence-electron chi connectivity index (χ3n) is 4.66. The number of halogens is 1. The van der Waals surface area contributed by atoms with E-state index in [0.717, 1.165) is 35.2 Å². The molecule has 1 aromatic heterocycles. The molecule has 5 nitrogen and oxygen atoms in total. The summed E-state index contributed by atoms with van der Waals surface area (Å²) in [6.45, 7) is 0.407. The quantitative estimate of drug-likeness (QED) is 0.671. The SMILES string of the molecule is O=C(NCc1cc2cc(Cl)ccc2[nH]1)[C@@H]1CC(CCc2ccccc2)=NO1. The van der Waals surface area contributed by atoms with Crippen molar-refractivity contribution in [1.82, 2.24) is 10.3 Å². The molecule has 2 aromatic carbocycles. The number of nitrogens with one attached hydrogen (secondary N) is 2. The first-order valence-electron chi connectivity index (χ1n) is 8.98. The molecule has 2 N–H and O–H groups in total. The number of hydrogen-bond donors (Lipinski definition) is 2. The Morgan fingerprint density at radius 3 is 2.89 bits per heavy atom. The van der Waals surface area contributed by atoms with Crippen LogP contribution < -0.4 is 5.32 Å². The van der Waals surface area contributed by atoms with E-state index in [2.05, 4.69) is 27.6 Å². The topological polar surface area (TPSA) is 66.5 Å². The van der Waals surface area contributed by atoms with E-state index in [-0.39, 0.29) is 5.91 Å². The van der Waals surface area contributed by atoms with Crippen LogP contribution in [0.4, 0.5) is 0 Å². The molecule has 2 heterocycles. The maximum atomic E-state index is 12.4. The molecular formula is C21H20ClN3O2. The van der Waals surface area contributed by atoms with Crippen LogP contribution in [0.1, 0.15) is 24.1 Å². The lowest BCUT2D eigenvalue weighted by Gasteiger charge is -2.08. The van der Waals surface area contributed by atoms with Gasteiger partial charge >= 0.3 is 0 Å². The minimum absolute atomic E-state index is 0.148. The number of H-pyrrole nitrogens is 1. The summed E-state index contributed by atoms with van der Waals surface area (Å²) >= 11 is 6.01. The van der Waals surface area contributed by atoms with Gasteiger partial charge < -0.3 is 15.1 Å². The normalized spacial score (nSPS) is 16.2. The number of carbonyl (C=O) groups excluding carboxylic acids is 1. The van der Waals surface area contributed by atoms with Crippen molar-refractivity contribution in [3.8, 4) is 0 Å². The summed E-state index contributed by atoms with van der Waals surface area (Å²) in [5, 5.41) is 8.71. The summed E-state index contributed by atoms with van der Waals surface area (Å²) in [5.41, 5.74) is 4.10. The third kappa shape index (κ3) is 4.31. The molecule has 138 valence electrons. The van der Waals surface area contributed by atoms with Crippen LogP contribution in [0.5, 0.6) is 0 Å². The zero-order valence-corrected chi connectivity index (χ0v) is 15.5. The highest BCUT2D eigenvalue weighted by Crippen LogP contribution is 2.20. The summed E-state index contributed by atoms with van der Waals surface area (Å²) in [7, 11) is 0. The number of fused-ring (bicyclic) bond motifs is 1. The number of rotatable bonds is 6. The number of amides is 1. The Morgan fingerprint density at radius 1 is 1.19 bits per heavy atom. The molecule has 1 amide bonds. The van der Waals surface area contributed by atoms with Crippen LogP contribution in [0.2, 0.25) is 5.02 Å². The first-order valence-corrected chi connectivity index (χ1v) is 9.35. The van der Waals surface area contributed by atoms with Crippen LogP contribution >= 0.6 is 11.6 Å². The van der Waals surface area contributed by atoms with Crippen molar-refractivity contribution < 1.29 is 9.63 Å². The number of oxime groups is 1. The van der Waals surface area contributed by atoms with Crippen molar-refractivity contribution in [3.63, 3.8) is 0 Å². The predicted molar refractivity (Wildman–Crippen MR) is 107 cm³/mol. The number of hydrogen-bond acceptors (Lipinski definition) is 3. The van der Waals surface area contributed by atoms with Gasteiger partial charge in [0.25, 0.3) is 5.91 Å². The monoisotopic (exact) mass is 381 g/mol. The fourth-order valence-electron chi connectivity index (χ4n) is 3.20. The zero-order chi connectivity index (χ0) is 18.6. The minimum Gasteiger partial charge on any atom is -0.382 e. The lowest BCUT2D eigenvalue weighted by Crippen LogP contribution is -2.34. The highest BCUT2D eigenvalue weighted by molar-refractivity contribution is 6.31. The van der Waals surface area contributed by atoms with E-state index in [1.165, 1.54) is 5.56 Å². The van der Waals surface area contributed by atoms with Crippen LogP contribution in [-0.4, -0.2) is 22.7 Å². The van der Waals surface area contributed by atoms with Gasteiger partial charge in [-0.1, -0.05) is 47.1 Å². The second-order valence-corrected chi connectivity index (χ2v) is 7.12.